The number of nitrogens with zero attached hydrogens (tertiary/aromatic N) is 2. The number of aryl methyl sites for hydroxylation is 1. The lowest BCUT2D eigenvalue weighted by atomic mass is 10.1. The summed E-state index contributed by atoms with van der Waals surface area (Å²) in [5.74, 6) is 5.03. The van der Waals surface area contributed by atoms with E-state index < -0.39 is 0 Å². The zero-order valence-electron chi connectivity index (χ0n) is 8.58. The minimum Gasteiger partial charge on any atom is -0.322 e. The normalized spacial score (nSPS) is 10.1. The molecule has 1 aromatic carbocycles. The molecule has 80 valence electrons. The summed E-state index contributed by atoms with van der Waals surface area (Å²) in [5, 5.41) is 9.51. The molecule has 2 rings (SSSR count). The lowest BCUT2D eigenvalue weighted by Gasteiger charge is -2.08. The largest absolute Gasteiger partial charge is 0.322 e. The zero-order chi connectivity index (χ0) is 11.7. The Kier molecular flexibility index (Phi) is 2.43. The lowest BCUT2D eigenvalue weighted by molar-refractivity contribution is 0.620. The van der Waals surface area contributed by atoms with Crippen LogP contribution in [0, 0.1) is 24.1 Å². The minimum absolute atomic E-state index is 0.326. The van der Waals surface area contributed by atoms with E-state index in [1.807, 2.05) is 6.07 Å². The van der Waals surface area contributed by atoms with Gasteiger partial charge in [0.1, 0.15) is 11.9 Å². The Hall–Kier alpha value is -2.19. The van der Waals surface area contributed by atoms with E-state index in [0.717, 1.165) is 0 Å². The third kappa shape index (κ3) is 1.45. The van der Waals surface area contributed by atoms with Crippen LogP contribution in [0.2, 0.25) is 0 Å². The first kappa shape index (κ1) is 10.3. The van der Waals surface area contributed by atoms with Gasteiger partial charge in [0.2, 0.25) is 0 Å². The molecule has 3 N–H and O–H groups in total. The third-order valence-electron chi connectivity index (χ3n) is 2.41. The summed E-state index contributed by atoms with van der Waals surface area (Å²) >= 11 is 0. The first-order chi connectivity index (χ1) is 7.67. The van der Waals surface area contributed by atoms with Crippen LogP contribution in [-0.2, 0) is 0 Å². The summed E-state index contributed by atoms with van der Waals surface area (Å²) in [4.78, 5) is 4.00. The molecule has 0 atom stereocenters. The van der Waals surface area contributed by atoms with Crippen LogP contribution in [0.4, 0.5) is 10.1 Å². The molecule has 0 aliphatic carbocycles. The molecule has 0 radical (unpaired) electrons. The van der Waals surface area contributed by atoms with Crippen molar-refractivity contribution in [2.24, 2.45) is 5.84 Å². The van der Waals surface area contributed by atoms with Crippen molar-refractivity contribution >= 4 is 16.6 Å². The molecule has 5 heteroatoms. The number of hydrogen-bond acceptors (Lipinski definition) is 4. The Labute approximate surface area is 91.5 Å². The van der Waals surface area contributed by atoms with Crippen molar-refractivity contribution in [3.8, 4) is 6.07 Å². The Balaban J connectivity index is 2.88. The number of nitriles is 1. The number of pyridine rings is 1. The molecule has 0 amide bonds. The second kappa shape index (κ2) is 3.76. The van der Waals surface area contributed by atoms with E-state index in [0.29, 0.717) is 27.7 Å². The monoisotopic (exact) mass is 216 g/mol. The van der Waals surface area contributed by atoms with Crippen LogP contribution in [0.1, 0.15) is 11.1 Å². The molecule has 0 aliphatic rings. The lowest BCUT2D eigenvalue weighted by Crippen LogP contribution is -2.09. The standard InChI is InChI=1S/C11H9FN4/c1-6-2-8-10(3-9(6)12)15-5-7(4-13)11(8)16-14/h2-3,5H,14H2,1H3,(H,15,16). The van der Waals surface area contributed by atoms with Crippen LogP contribution in [0.25, 0.3) is 10.9 Å². The van der Waals surface area contributed by atoms with Gasteiger partial charge in [0.15, 0.2) is 0 Å². The van der Waals surface area contributed by atoms with E-state index >= 15 is 0 Å². The predicted octanol–water partition coefficient (Wildman–Crippen LogP) is 1.84. The van der Waals surface area contributed by atoms with Gasteiger partial charge in [0.05, 0.1) is 16.8 Å². The van der Waals surface area contributed by atoms with Crippen molar-refractivity contribution in [1.29, 1.82) is 5.26 Å². The van der Waals surface area contributed by atoms with Crippen molar-refractivity contribution in [2.45, 2.75) is 6.92 Å². The van der Waals surface area contributed by atoms with Gasteiger partial charge in [-0.15, -0.1) is 0 Å². The zero-order valence-corrected chi connectivity index (χ0v) is 8.58. The van der Waals surface area contributed by atoms with Crippen LogP contribution in [-0.4, -0.2) is 4.98 Å². The van der Waals surface area contributed by atoms with Gasteiger partial charge in [-0.1, -0.05) is 0 Å². The average molecular weight is 216 g/mol. The molecule has 1 heterocycles. The van der Waals surface area contributed by atoms with E-state index in [1.165, 1.54) is 12.3 Å². The molecule has 0 aliphatic heterocycles. The Morgan fingerprint density at radius 2 is 2.25 bits per heavy atom. The number of hydrazine groups is 1. The number of nitrogen functional groups attached to an aromatic ring is 1. The van der Waals surface area contributed by atoms with E-state index in [1.54, 1.807) is 13.0 Å². The molecule has 0 spiro atoms. The van der Waals surface area contributed by atoms with E-state index in [4.69, 9.17) is 11.1 Å². The molecule has 16 heavy (non-hydrogen) atoms. The van der Waals surface area contributed by atoms with Crippen molar-refractivity contribution in [1.82, 2.24) is 4.98 Å². The van der Waals surface area contributed by atoms with E-state index in [2.05, 4.69) is 10.4 Å². The SMILES string of the molecule is Cc1cc2c(NN)c(C#N)cnc2cc1F. The Morgan fingerprint density at radius 1 is 1.50 bits per heavy atom. The summed E-state index contributed by atoms with van der Waals surface area (Å²) < 4.78 is 13.3. The number of nitrogens with two attached hydrogens (primary N) is 1. The number of aromatic nitrogens is 1. The fourth-order valence-corrected chi connectivity index (χ4v) is 1.56. The summed E-state index contributed by atoms with van der Waals surface area (Å²) in [5.41, 5.74) is 4.21. The minimum atomic E-state index is -0.326. The van der Waals surface area contributed by atoms with Gasteiger partial charge in [-0.3, -0.25) is 10.8 Å². The van der Waals surface area contributed by atoms with Gasteiger partial charge in [0.25, 0.3) is 0 Å². The van der Waals surface area contributed by atoms with Crippen LogP contribution < -0.4 is 11.3 Å². The molecule has 4 nitrogen and oxygen atoms in total. The van der Waals surface area contributed by atoms with Crippen LogP contribution in [0.5, 0.6) is 0 Å². The molecule has 0 bridgehead atoms. The predicted molar refractivity (Wildman–Crippen MR) is 59.0 cm³/mol. The number of fused-ring (bicyclic) bond motifs is 1. The highest BCUT2D eigenvalue weighted by atomic mass is 19.1. The van der Waals surface area contributed by atoms with Gasteiger partial charge in [-0.05, 0) is 18.6 Å². The molecule has 0 saturated carbocycles. The number of halogens is 1. The molecular formula is C11H9FN4. The number of nitrogens with one attached hydrogen (secondary N) is 1. The second-order valence-electron chi connectivity index (χ2n) is 3.42. The highest BCUT2D eigenvalue weighted by Crippen LogP contribution is 2.26. The smallest absolute Gasteiger partial charge is 0.128 e. The maximum Gasteiger partial charge on any atom is 0.128 e. The highest BCUT2D eigenvalue weighted by molar-refractivity contribution is 5.94. The number of benzene rings is 1. The van der Waals surface area contributed by atoms with Gasteiger partial charge in [-0.25, -0.2) is 4.39 Å². The van der Waals surface area contributed by atoms with Crippen molar-refractivity contribution in [3.63, 3.8) is 0 Å². The van der Waals surface area contributed by atoms with Crippen molar-refractivity contribution in [3.05, 3.63) is 35.3 Å². The average Bonchev–Trinajstić information content (AvgIpc) is 2.29. The maximum atomic E-state index is 13.3. The van der Waals surface area contributed by atoms with Crippen LogP contribution in [0.3, 0.4) is 0 Å². The first-order valence-corrected chi connectivity index (χ1v) is 4.63. The highest BCUT2D eigenvalue weighted by Gasteiger charge is 2.09. The summed E-state index contributed by atoms with van der Waals surface area (Å²) in [6, 6.07) is 4.92. The van der Waals surface area contributed by atoms with Gasteiger partial charge < -0.3 is 5.43 Å². The van der Waals surface area contributed by atoms with Gasteiger partial charge in [0, 0.05) is 17.6 Å². The van der Waals surface area contributed by atoms with Crippen LogP contribution >= 0.6 is 0 Å². The molecular weight excluding hydrogens is 207 g/mol. The van der Waals surface area contributed by atoms with Gasteiger partial charge in [-0.2, -0.15) is 5.26 Å². The number of anilines is 1. The van der Waals surface area contributed by atoms with Gasteiger partial charge >= 0.3 is 0 Å². The first-order valence-electron chi connectivity index (χ1n) is 4.63. The summed E-state index contributed by atoms with van der Waals surface area (Å²) in [6.45, 7) is 1.65. The topological polar surface area (TPSA) is 74.7 Å². The van der Waals surface area contributed by atoms with E-state index in [-0.39, 0.29) is 5.82 Å². The third-order valence-corrected chi connectivity index (χ3v) is 2.41. The molecule has 1 aromatic heterocycles. The molecule has 0 unspecified atom stereocenters. The van der Waals surface area contributed by atoms with Crippen LogP contribution in [0.15, 0.2) is 18.3 Å². The van der Waals surface area contributed by atoms with Crippen molar-refractivity contribution < 1.29 is 4.39 Å². The molecule has 0 saturated heterocycles. The fourth-order valence-electron chi connectivity index (χ4n) is 1.56. The molecule has 2 aromatic rings. The van der Waals surface area contributed by atoms with Crippen molar-refractivity contribution in [2.75, 3.05) is 5.43 Å². The second-order valence-corrected chi connectivity index (χ2v) is 3.42. The number of rotatable bonds is 1. The fraction of sp³-hybridized carbons (Fsp3) is 0.0909. The summed E-state index contributed by atoms with van der Waals surface area (Å²) in [7, 11) is 0. The maximum absolute atomic E-state index is 13.3. The Bertz CT molecular complexity index is 601. The molecule has 0 fully saturated rings. The Morgan fingerprint density at radius 3 is 2.88 bits per heavy atom. The van der Waals surface area contributed by atoms with E-state index in [9.17, 15) is 4.39 Å². The quantitative estimate of drug-likeness (QED) is 0.563. The summed E-state index contributed by atoms with van der Waals surface area (Å²) in [6.07, 6.45) is 1.37. The number of hydrogen-bond donors (Lipinski definition) is 2.